The Bertz CT molecular complexity index is 635. The zero-order chi connectivity index (χ0) is 19.1. The van der Waals surface area contributed by atoms with E-state index < -0.39 is 5.60 Å². The van der Waals surface area contributed by atoms with Crippen LogP contribution in [-0.4, -0.2) is 34.6 Å². The summed E-state index contributed by atoms with van der Waals surface area (Å²) >= 11 is 0. The number of hydrogen-bond donors (Lipinski definition) is 1. The fourth-order valence-electron chi connectivity index (χ4n) is 8.22. The smallest absolute Gasteiger partial charge is 0.246 e. The van der Waals surface area contributed by atoms with Gasteiger partial charge in [0.2, 0.25) is 5.91 Å². The minimum atomic E-state index is -0.585. The first-order valence-electron chi connectivity index (χ1n) is 10.7. The molecule has 3 saturated carbocycles. The number of carbonyl (C=O) groups excluding carboxylic acids is 1. The molecule has 146 valence electrons. The van der Waals surface area contributed by atoms with E-state index in [2.05, 4.69) is 26.8 Å². The van der Waals surface area contributed by atoms with Crippen LogP contribution in [0, 0.1) is 40.4 Å². The van der Waals surface area contributed by atoms with Gasteiger partial charge in [-0.1, -0.05) is 26.8 Å². The van der Waals surface area contributed by atoms with Crippen LogP contribution >= 0.6 is 0 Å². The van der Waals surface area contributed by atoms with E-state index in [4.69, 9.17) is 0 Å². The highest BCUT2D eigenvalue weighted by molar-refractivity contribution is 5.89. The van der Waals surface area contributed by atoms with E-state index in [-0.39, 0.29) is 16.7 Å². The molecular formula is C23H37NO2. The third-order valence-corrected chi connectivity index (χ3v) is 9.35. The standard InChI is InChI=1S/C23H37NO2/c1-14-13-18-23(5,12-10-19(25)24(18)6)16-9-11-22(4)15(20(14)16)7-8-17(22)21(2,3)26/h10,12,14-18,20,26H,7-9,11,13H2,1-6H3/t14?,15-,16-,17+,18?,20-,22-,23+/m0/s1. The SMILES string of the molecule is CC1CC2N(C)C(=O)C=C[C@]2(C)[C@H]2CC[C@]3(C)[C@@H](C(C)(C)O)CC[C@H]3[C@H]12. The Labute approximate surface area is 159 Å². The number of aliphatic hydroxyl groups is 1. The van der Waals surface area contributed by atoms with E-state index in [1.807, 2.05) is 31.9 Å². The van der Waals surface area contributed by atoms with Crippen molar-refractivity contribution in [2.75, 3.05) is 7.05 Å². The molecule has 0 aromatic heterocycles. The fraction of sp³-hybridized carbons (Fsp3) is 0.870. The molecule has 3 aliphatic carbocycles. The van der Waals surface area contributed by atoms with Crippen LogP contribution in [0.15, 0.2) is 12.2 Å². The molecule has 2 unspecified atom stereocenters. The summed E-state index contributed by atoms with van der Waals surface area (Å²) in [5.41, 5.74) is -0.219. The number of amides is 1. The summed E-state index contributed by atoms with van der Waals surface area (Å²) in [6, 6.07) is 0.340. The molecule has 0 bridgehead atoms. The van der Waals surface area contributed by atoms with Crippen LogP contribution in [0.3, 0.4) is 0 Å². The van der Waals surface area contributed by atoms with Crippen LogP contribution in [0.4, 0.5) is 0 Å². The highest BCUT2D eigenvalue weighted by atomic mass is 16.3. The maximum atomic E-state index is 12.3. The molecule has 3 fully saturated rings. The van der Waals surface area contributed by atoms with Crippen LogP contribution in [-0.2, 0) is 4.79 Å². The van der Waals surface area contributed by atoms with Gasteiger partial charge in [-0.2, -0.15) is 0 Å². The molecular weight excluding hydrogens is 322 g/mol. The first-order chi connectivity index (χ1) is 12.0. The van der Waals surface area contributed by atoms with Gasteiger partial charge in [0.15, 0.2) is 0 Å². The maximum Gasteiger partial charge on any atom is 0.246 e. The fourth-order valence-corrected chi connectivity index (χ4v) is 8.22. The minimum absolute atomic E-state index is 0.105. The van der Waals surface area contributed by atoms with Crippen LogP contribution in [0.1, 0.15) is 66.7 Å². The molecule has 0 spiro atoms. The van der Waals surface area contributed by atoms with E-state index in [9.17, 15) is 9.90 Å². The summed E-state index contributed by atoms with van der Waals surface area (Å²) in [7, 11) is 1.99. The summed E-state index contributed by atoms with van der Waals surface area (Å²) in [4.78, 5) is 14.3. The second kappa shape index (κ2) is 5.59. The van der Waals surface area contributed by atoms with Gasteiger partial charge in [-0.15, -0.1) is 0 Å². The van der Waals surface area contributed by atoms with Gasteiger partial charge >= 0.3 is 0 Å². The van der Waals surface area contributed by atoms with Crippen molar-refractivity contribution in [1.29, 1.82) is 0 Å². The topological polar surface area (TPSA) is 40.5 Å². The zero-order valence-corrected chi connectivity index (χ0v) is 17.5. The monoisotopic (exact) mass is 359 g/mol. The van der Waals surface area contributed by atoms with Crippen LogP contribution < -0.4 is 0 Å². The molecule has 1 N–H and O–H groups in total. The molecule has 3 heteroatoms. The van der Waals surface area contributed by atoms with Crippen LogP contribution in [0.25, 0.3) is 0 Å². The van der Waals surface area contributed by atoms with Crippen molar-refractivity contribution in [3.8, 4) is 0 Å². The van der Waals surface area contributed by atoms with Gasteiger partial charge in [-0.05, 0) is 87.0 Å². The first-order valence-corrected chi connectivity index (χ1v) is 10.7. The van der Waals surface area contributed by atoms with Gasteiger partial charge in [-0.25, -0.2) is 0 Å². The van der Waals surface area contributed by atoms with Gasteiger partial charge in [0.05, 0.1) is 5.60 Å². The van der Waals surface area contributed by atoms with E-state index in [0.29, 0.717) is 35.6 Å². The highest BCUT2D eigenvalue weighted by Gasteiger charge is 2.63. The van der Waals surface area contributed by atoms with Gasteiger partial charge in [0.25, 0.3) is 0 Å². The van der Waals surface area contributed by atoms with Crippen molar-refractivity contribution < 1.29 is 9.90 Å². The lowest BCUT2D eigenvalue weighted by atomic mass is 9.45. The summed E-state index contributed by atoms with van der Waals surface area (Å²) in [5.74, 6) is 3.30. The average Bonchev–Trinajstić information content (AvgIpc) is 2.91. The molecule has 8 atom stereocenters. The van der Waals surface area contributed by atoms with Crippen molar-refractivity contribution in [2.45, 2.75) is 78.4 Å². The van der Waals surface area contributed by atoms with Crippen molar-refractivity contribution in [3.05, 3.63) is 12.2 Å². The normalized spacial score (nSPS) is 51.0. The van der Waals surface area contributed by atoms with Gasteiger partial charge in [-0.3, -0.25) is 4.79 Å². The Kier molecular flexibility index (Phi) is 3.99. The third kappa shape index (κ3) is 2.31. The zero-order valence-electron chi connectivity index (χ0n) is 17.5. The number of likely N-dealkylation sites (N-methyl/N-ethyl adjacent to an activating group) is 1. The van der Waals surface area contributed by atoms with Crippen molar-refractivity contribution in [2.24, 2.45) is 40.4 Å². The number of carbonyl (C=O) groups is 1. The second-order valence-corrected chi connectivity index (χ2v) is 11.0. The molecule has 1 amide bonds. The largest absolute Gasteiger partial charge is 0.390 e. The summed E-state index contributed by atoms with van der Waals surface area (Å²) in [5, 5.41) is 10.8. The molecule has 0 aromatic rings. The molecule has 4 aliphatic rings. The van der Waals surface area contributed by atoms with Gasteiger partial charge < -0.3 is 10.0 Å². The first kappa shape index (κ1) is 18.5. The van der Waals surface area contributed by atoms with E-state index in [1.165, 1.54) is 19.3 Å². The second-order valence-electron chi connectivity index (χ2n) is 11.0. The van der Waals surface area contributed by atoms with Crippen LogP contribution in [0.5, 0.6) is 0 Å². The van der Waals surface area contributed by atoms with E-state index in [0.717, 1.165) is 12.8 Å². The lowest BCUT2D eigenvalue weighted by molar-refractivity contribution is -0.149. The lowest BCUT2D eigenvalue weighted by Crippen LogP contribution is -2.62. The minimum Gasteiger partial charge on any atom is -0.390 e. The number of rotatable bonds is 1. The predicted molar refractivity (Wildman–Crippen MR) is 104 cm³/mol. The van der Waals surface area contributed by atoms with Gasteiger partial charge in [0.1, 0.15) is 0 Å². The molecule has 0 aromatic carbocycles. The Morgan fingerprint density at radius 2 is 1.88 bits per heavy atom. The quantitative estimate of drug-likeness (QED) is 0.760. The van der Waals surface area contributed by atoms with Gasteiger partial charge in [0, 0.05) is 18.5 Å². The van der Waals surface area contributed by atoms with Crippen LogP contribution in [0.2, 0.25) is 0 Å². The Morgan fingerprint density at radius 3 is 2.54 bits per heavy atom. The average molecular weight is 360 g/mol. The summed E-state index contributed by atoms with van der Waals surface area (Å²) < 4.78 is 0. The van der Waals surface area contributed by atoms with Crippen molar-refractivity contribution >= 4 is 5.91 Å². The molecule has 3 nitrogen and oxygen atoms in total. The summed E-state index contributed by atoms with van der Waals surface area (Å²) in [6.45, 7) is 11.3. The molecule has 1 heterocycles. The molecule has 0 radical (unpaired) electrons. The predicted octanol–water partition coefficient (Wildman–Crippen LogP) is 4.26. The molecule has 0 saturated heterocycles. The Hall–Kier alpha value is -0.830. The molecule has 4 rings (SSSR count). The maximum absolute atomic E-state index is 12.3. The molecule has 1 aliphatic heterocycles. The lowest BCUT2D eigenvalue weighted by Gasteiger charge is -2.62. The highest BCUT2D eigenvalue weighted by Crippen LogP contribution is 2.67. The molecule has 26 heavy (non-hydrogen) atoms. The number of nitrogens with zero attached hydrogens (tertiary/aromatic N) is 1. The Balaban J connectivity index is 1.72. The third-order valence-electron chi connectivity index (χ3n) is 9.35. The number of hydrogen-bond acceptors (Lipinski definition) is 2. The van der Waals surface area contributed by atoms with E-state index >= 15 is 0 Å². The van der Waals surface area contributed by atoms with Crippen molar-refractivity contribution in [1.82, 2.24) is 4.90 Å². The summed E-state index contributed by atoms with van der Waals surface area (Å²) in [6.07, 6.45) is 10.1. The Morgan fingerprint density at radius 1 is 1.19 bits per heavy atom. The number of fused-ring (bicyclic) bond motifs is 5. The van der Waals surface area contributed by atoms with E-state index in [1.54, 1.807) is 0 Å². The van der Waals surface area contributed by atoms with Crippen molar-refractivity contribution in [3.63, 3.8) is 0 Å².